The van der Waals surface area contributed by atoms with Crippen molar-refractivity contribution >= 4 is 11.5 Å². The van der Waals surface area contributed by atoms with Crippen molar-refractivity contribution in [3.05, 3.63) is 42.0 Å². The summed E-state index contributed by atoms with van der Waals surface area (Å²) in [6, 6.07) is 10.3. The average Bonchev–Trinajstić information content (AvgIpc) is 3.41. The molecule has 1 heterocycles. The highest BCUT2D eigenvalue weighted by molar-refractivity contribution is 5.76. The molecule has 0 unspecified atom stereocenters. The van der Waals surface area contributed by atoms with Crippen molar-refractivity contribution in [1.29, 1.82) is 0 Å². The standard InChI is InChI=1S/C22H31NO3/c1-16(2)12-19(18-6-4-3-5-7-18)14-23-11-10-20(24)22(15-23,21(25)26)13-17-8-9-17/h3-7,12,16-17,20,24H,8-11,13-15H2,1-2H3,(H,25,26)/t20-,22-/m0/s1. The number of carboxylic acids is 1. The van der Waals surface area contributed by atoms with Crippen LogP contribution in [0.15, 0.2) is 36.4 Å². The van der Waals surface area contributed by atoms with Crippen LogP contribution in [-0.2, 0) is 4.79 Å². The fourth-order valence-corrected chi connectivity index (χ4v) is 4.17. The molecule has 1 aliphatic carbocycles. The van der Waals surface area contributed by atoms with Crippen LogP contribution in [-0.4, -0.2) is 46.8 Å². The van der Waals surface area contributed by atoms with Gasteiger partial charge in [-0.1, -0.05) is 63.1 Å². The first-order valence-corrected chi connectivity index (χ1v) is 9.80. The maximum Gasteiger partial charge on any atom is 0.313 e. The lowest BCUT2D eigenvalue weighted by molar-refractivity contribution is -0.164. The molecule has 2 aliphatic rings. The van der Waals surface area contributed by atoms with Crippen molar-refractivity contribution in [2.45, 2.75) is 45.6 Å². The highest BCUT2D eigenvalue weighted by Gasteiger charge is 2.51. The number of hydrogen-bond donors (Lipinski definition) is 2. The molecule has 1 saturated heterocycles. The van der Waals surface area contributed by atoms with E-state index in [9.17, 15) is 15.0 Å². The smallest absolute Gasteiger partial charge is 0.313 e. The van der Waals surface area contributed by atoms with Crippen LogP contribution >= 0.6 is 0 Å². The van der Waals surface area contributed by atoms with E-state index in [4.69, 9.17) is 0 Å². The molecule has 0 amide bonds. The van der Waals surface area contributed by atoms with Crippen LogP contribution in [0.25, 0.3) is 5.57 Å². The molecule has 0 aromatic heterocycles. The Morgan fingerprint density at radius 3 is 2.54 bits per heavy atom. The number of aliphatic hydroxyl groups excluding tert-OH is 1. The van der Waals surface area contributed by atoms with Gasteiger partial charge in [-0.05, 0) is 35.8 Å². The molecule has 1 aliphatic heterocycles. The van der Waals surface area contributed by atoms with E-state index in [0.717, 1.165) is 25.9 Å². The van der Waals surface area contributed by atoms with Crippen LogP contribution in [0.2, 0.25) is 0 Å². The Hall–Kier alpha value is -1.65. The number of benzene rings is 1. The lowest BCUT2D eigenvalue weighted by Crippen LogP contribution is -2.56. The summed E-state index contributed by atoms with van der Waals surface area (Å²) < 4.78 is 0. The lowest BCUT2D eigenvalue weighted by atomic mass is 9.73. The number of piperidine rings is 1. The van der Waals surface area contributed by atoms with E-state index in [1.54, 1.807) is 0 Å². The SMILES string of the molecule is CC(C)C=C(CN1CC[C@H](O)[C@@](CC2CC2)(C(=O)O)C1)c1ccccc1. The van der Waals surface area contributed by atoms with E-state index in [-0.39, 0.29) is 0 Å². The third-order valence-corrected chi connectivity index (χ3v) is 5.71. The molecule has 2 atom stereocenters. The molecule has 2 N–H and O–H groups in total. The van der Waals surface area contributed by atoms with Gasteiger partial charge in [0.2, 0.25) is 0 Å². The van der Waals surface area contributed by atoms with E-state index < -0.39 is 17.5 Å². The van der Waals surface area contributed by atoms with Gasteiger partial charge in [0.15, 0.2) is 0 Å². The van der Waals surface area contributed by atoms with E-state index >= 15 is 0 Å². The Bertz CT molecular complexity index is 651. The van der Waals surface area contributed by atoms with E-state index in [1.165, 1.54) is 11.1 Å². The highest BCUT2D eigenvalue weighted by Crippen LogP contribution is 2.45. The Kier molecular flexibility index (Phi) is 5.83. The van der Waals surface area contributed by atoms with Gasteiger partial charge in [0.05, 0.1) is 6.10 Å². The normalized spacial score (nSPS) is 27.7. The van der Waals surface area contributed by atoms with Crippen LogP contribution in [0, 0.1) is 17.3 Å². The summed E-state index contributed by atoms with van der Waals surface area (Å²) in [6.07, 6.45) is 4.86. The monoisotopic (exact) mass is 357 g/mol. The van der Waals surface area contributed by atoms with Crippen molar-refractivity contribution in [2.75, 3.05) is 19.6 Å². The van der Waals surface area contributed by atoms with Crippen LogP contribution in [0.4, 0.5) is 0 Å². The Morgan fingerprint density at radius 2 is 1.96 bits per heavy atom. The number of carboxylic acid groups (broad SMARTS) is 1. The maximum absolute atomic E-state index is 12.1. The molecule has 4 nitrogen and oxygen atoms in total. The van der Waals surface area contributed by atoms with Crippen LogP contribution in [0.5, 0.6) is 0 Å². The number of allylic oxidation sites excluding steroid dienone is 1. The highest BCUT2D eigenvalue weighted by atomic mass is 16.4. The Labute approximate surface area is 156 Å². The quantitative estimate of drug-likeness (QED) is 0.782. The number of aliphatic carboxylic acids is 1. The fraction of sp³-hybridized carbons (Fsp3) is 0.591. The third kappa shape index (κ3) is 4.36. The fourth-order valence-electron chi connectivity index (χ4n) is 4.17. The van der Waals surface area contributed by atoms with Gasteiger partial charge in [0.25, 0.3) is 0 Å². The first kappa shape index (κ1) is 19.1. The molecule has 0 bridgehead atoms. The zero-order valence-electron chi connectivity index (χ0n) is 15.9. The van der Waals surface area contributed by atoms with E-state index in [0.29, 0.717) is 31.2 Å². The number of rotatable bonds is 7. The lowest BCUT2D eigenvalue weighted by Gasteiger charge is -2.44. The van der Waals surface area contributed by atoms with Gasteiger partial charge >= 0.3 is 5.97 Å². The van der Waals surface area contributed by atoms with E-state index in [1.807, 2.05) is 18.2 Å². The van der Waals surface area contributed by atoms with Gasteiger partial charge in [-0.3, -0.25) is 9.69 Å². The molecule has 3 rings (SSSR count). The average molecular weight is 357 g/mol. The largest absolute Gasteiger partial charge is 0.481 e. The van der Waals surface area contributed by atoms with Gasteiger partial charge in [0.1, 0.15) is 5.41 Å². The molecule has 1 saturated carbocycles. The first-order chi connectivity index (χ1) is 12.4. The molecule has 26 heavy (non-hydrogen) atoms. The minimum Gasteiger partial charge on any atom is -0.481 e. The summed E-state index contributed by atoms with van der Waals surface area (Å²) in [7, 11) is 0. The van der Waals surface area contributed by atoms with Gasteiger partial charge < -0.3 is 10.2 Å². The number of carbonyl (C=O) groups is 1. The van der Waals surface area contributed by atoms with Crippen molar-refractivity contribution in [1.82, 2.24) is 4.90 Å². The zero-order chi connectivity index (χ0) is 18.7. The molecule has 0 spiro atoms. The summed E-state index contributed by atoms with van der Waals surface area (Å²) in [4.78, 5) is 14.4. The van der Waals surface area contributed by atoms with Gasteiger partial charge in [0, 0.05) is 19.6 Å². The second-order valence-electron chi connectivity index (χ2n) is 8.43. The molecule has 2 fully saturated rings. The topological polar surface area (TPSA) is 60.8 Å². The molecule has 4 heteroatoms. The van der Waals surface area contributed by atoms with Gasteiger partial charge in [-0.15, -0.1) is 0 Å². The third-order valence-electron chi connectivity index (χ3n) is 5.71. The van der Waals surface area contributed by atoms with Crippen LogP contribution < -0.4 is 0 Å². The van der Waals surface area contributed by atoms with Crippen molar-refractivity contribution in [2.24, 2.45) is 17.3 Å². The molecular formula is C22H31NO3. The number of hydrogen-bond acceptors (Lipinski definition) is 3. The summed E-state index contributed by atoms with van der Waals surface area (Å²) in [6.45, 7) is 6.23. The Morgan fingerprint density at radius 1 is 1.27 bits per heavy atom. The second kappa shape index (κ2) is 7.93. The predicted molar refractivity (Wildman–Crippen MR) is 104 cm³/mol. The number of aliphatic hydroxyl groups is 1. The molecule has 0 radical (unpaired) electrons. The van der Waals surface area contributed by atoms with Gasteiger partial charge in [-0.2, -0.15) is 0 Å². The van der Waals surface area contributed by atoms with Crippen molar-refractivity contribution in [3.8, 4) is 0 Å². The van der Waals surface area contributed by atoms with Crippen LogP contribution in [0.1, 0.15) is 45.1 Å². The molecule has 1 aromatic rings. The maximum atomic E-state index is 12.1. The zero-order valence-corrected chi connectivity index (χ0v) is 15.9. The minimum absolute atomic E-state index is 0.427. The van der Waals surface area contributed by atoms with Crippen molar-refractivity contribution < 1.29 is 15.0 Å². The van der Waals surface area contributed by atoms with Gasteiger partial charge in [-0.25, -0.2) is 0 Å². The summed E-state index contributed by atoms with van der Waals surface area (Å²) >= 11 is 0. The summed E-state index contributed by atoms with van der Waals surface area (Å²) in [5.41, 5.74) is 1.41. The first-order valence-electron chi connectivity index (χ1n) is 9.80. The summed E-state index contributed by atoms with van der Waals surface area (Å²) in [5, 5.41) is 20.5. The minimum atomic E-state index is -1.01. The van der Waals surface area contributed by atoms with Crippen LogP contribution in [0.3, 0.4) is 0 Å². The predicted octanol–water partition coefficient (Wildman–Crippen LogP) is 3.66. The van der Waals surface area contributed by atoms with E-state index in [2.05, 4.69) is 37.0 Å². The number of nitrogens with zero attached hydrogens (tertiary/aromatic N) is 1. The molecule has 1 aromatic carbocycles. The molecular weight excluding hydrogens is 326 g/mol. The van der Waals surface area contributed by atoms with Crippen molar-refractivity contribution in [3.63, 3.8) is 0 Å². The second-order valence-corrected chi connectivity index (χ2v) is 8.43. The number of likely N-dealkylation sites (tertiary alicyclic amines) is 1. The summed E-state index contributed by atoms with van der Waals surface area (Å²) in [5.74, 6) is 0.0625. The molecule has 142 valence electrons. The Balaban J connectivity index is 1.80.